The molecule has 2 heterocycles. The first-order chi connectivity index (χ1) is 9.40. The van der Waals surface area contributed by atoms with E-state index in [-0.39, 0.29) is 23.7 Å². The van der Waals surface area contributed by atoms with E-state index in [9.17, 15) is 4.79 Å². The molecule has 2 aromatic rings. The lowest BCUT2D eigenvalue weighted by molar-refractivity contribution is 0.0733. The van der Waals surface area contributed by atoms with Crippen molar-refractivity contribution in [2.45, 2.75) is 39.7 Å². The molecule has 2 aromatic heterocycles. The number of amides is 1. The second-order valence-corrected chi connectivity index (χ2v) is 6.56. The molecule has 1 unspecified atom stereocenters. The largest absolute Gasteiger partial charge is 0.331 e. The van der Waals surface area contributed by atoms with Crippen molar-refractivity contribution in [3.8, 4) is 0 Å². The molecule has 2 rings (SSSR count). The highest BCUT2D eigenvalue weighted by Crippen LogP contribution is 2.27. The fourth-order valence-corrected chi connectivity index (χ4v) is 2.80. The van der Waals surface area contributed by atoms with E-state index in [1.54, 1.807) is 23.3 Å². The van der Waals surface area contributed by atoms with E-state index in [1.807, 2.05) is 20.8 Å². The molecule has 108 valence electrons. The van der Waals surface area contributed by atoms with E-state index < -0.39 is 0 Å². The Morgan fingerprint density at radius 2 is 2.05 bits per heavy atom. The molecular weight excluding hydrogens is 272 g/mol. The molecule has 1 N–H and O–H groups in total. The topological polar surface area (TPSA) is 61.9 Å². The highest BCUT2D eigenvalue weighted by atomic mass is 32.1. The second-order valence-electron chi connectivity index (χ2n) is 5.24. The average molecular weight is 292 g/mol. The number of carbonyl (C=O) groups excluding carboxylic acids is 1. The molecule has 0 aliphatic carbocycles. The van der Waals surface area contributed by atoms with Gasteiger partial charge in [0.05, 0.1) is 6.04 Å². The van der Waals surface area contributed by atoms with E-state index >= 15 is 0 Å². The third-order valence-electron chi connectivity index (χ3n) is 3.32. The van der Waals surface area contributed by atoms with Crippen LogP contribution in [0, 0.1) is 6.92 Å². The number of thiophene rings is 1. The lowest BCUT2D eigenvalue weighted by Gasteiger charge is -2.22. The van der Waals surface area contributed by atoms with Gasteiger partial charge in [0, 0.05) is 22.7 Å². The van der Waals surface area contributed by atoms with E-state index in [0.717, 1.165) is 10.7 Å². The Hall–Kier alpha value is -1.69. The molecule has 0 saturated carbocycles. The summed E-state index contributed by atoms with van der Waals surface area (Å²) in [7, 11) is 1.79. The van der Waals surface area contributed by atoms with Gasteiger partial charge in [-0.05, 0) is 26.0 Å². The molecule has 0 bridgehead atoms. The van der Waals surface area contributed by atoms with Gasteiger partial charge in [0.25, 0.3) is 5.91 Å². The van der Waals surface area contributed by atoms with Crippen molar-refractivity contribution >= 4 is 17.2 Å². The second kappa shape index (κ2) is 5.75. The first kappa shape index (κ1) is 14.7. The summed E-state index contributed by atoms with van der Waals surface area (Å²) < 4.78 is 0. The Labute approximate surface area is 123 Å². The molecule has 1 atom stereocenters. The molecule has 0 aliphatic rings. The van der Waals surface area contributed by atoms with Gasteiger partial charge in [-0.3, -0.25) is 9.89 Å². The summed E-state index contributed by atoms with van der Waals surface area (Å²) in [6.07, 6.45) is 0. The van der Waals surface area contributed by atoms with E-state index in [4.69, 9.17) is 0 Å². The number of nitrogens with zero attached hydrogens (tertiary/aromatic N) is 3. The Balaban J connectivity index is 2.15. The van der Waals surface area contributed by atoms with Crippen LogP contribution in [0.2, 0.25) is 0 Å². The minimum absolute atomic E-state index is 0.0159. The van der Waals surface area contributed by atoms with Crippen LogP contribution in [0.3, 0.4) is 0 Å². The van der Waals surface area contributed by atoms with Gasteiger partial charge in [0.2, 0.25) is 5.82 Å². The van der Waals surface area contributed by atoms with Gasteiger partial charge in [-0.25, -0.2) is 4.98 Å². The zero-order chi connectivity index (χ0) is 14.9. The normalized spacial score (nSPS) is 12.7. The SMILES string of the molecule is Cc1ccc(C(C)N(C)C(=O)c2n[nH]c(C(C)C)n2)s1. The lowest BCUT2D eigenvalue weighted by Crippen LogP contribution is -2.30. The summed E-state index contributed by atoms with van der Waals surface area (Å²) in [5.41, 5.74) is 0. The number of rotatable bonds is 4. The summed E-state index contributed by atoms with van der Waals surface area (Å²) in [6.45, 7) is 8.09. The minimum atomic E-state index is -0.160. The predicted molar refractivity (Wildman–Crippen MR) is 80.0 cm³/mol. The summed E-state index contributed by atoms with van der Waals surface area (Å²) in [4.78, 5) is 20.7. The predicted octanol–water partition coefficient (Wildman–Crippen LogP) is 3.13. The maximum atomic E-state index is 12.4. The van der Waals surface area contributed by atoms with Crippen molar-refractivity contribution in [3.63, 3.8) is 0 Å². The standard InChI is InChI=1S/C14H20N4OS/c1-8(2)12-15-13(17-16-12)14(19)18(5)10(4)11-7-6-9(3)20-11/h6-8,10H,1-5H3,(H,15,16,17). The van der Waals surface area contributed by atoms with Crippen molar-refractivity contribution < 1.29 is 4.79 Å². The van der Waals surface area contributed by atoms with Gasteiger partial charge in [0.15, 0.2) is 0 Å². The molecule has 0 radical (unpaired) electrons. The molecule has 0 fully saturated rings. The van der Waals surface area contributed by atoms with Crippen LogP contribution < -0.4 is 0 Å². The molecule has 5 nitrogen and oxygen atoms in total. The maximum absolute atomic E-state index is 12.4. The van der Waals surface area contributed by atoms with Gasteiger partial charge >= 0.3 is 0 Å². The molecule has 0 aromatic carbocycles. The number of nitrogens with one attached hydrogen (secondary N) is 1. The van der Waals surface area contributed by atoms with Gasteiger partial charge < -0.3 is 4.90 Å². The van der Waals surface area contributed by atoms with Crippen molar-refractivity contribution in [2.75, 3.05) is 7.05 Å². The van der Waals surface area contributed by atoms with Gasteiger partial charge in [-0.15, -0.1) is 16.4 Å². The molecular formula is C14H20N4OS. The third-order valence-corrected chi connectivity index (χ3v) is 4.49. The van der Waals surface area contributed by atoms with E-state index in [2.05, 4.69) is 34.2 Å². The van der Waals surface area contributed by atoms with Crippen LogP contribution in [-0.2, 0) is 0 Å². The van der Waals surface area contributed by atoms with Crippen molar-refractivity contribution in [2.24, 2.45) is 0 Å². The first-order valence-electron chi connectivity index (χ1n) is 6.66. The van der Waals surface area contributed by atoms with Crippen molar-refractivity contribution in [3.05, 3.63) is 33.5 Å². The molecule has 0 spiro atoms. The van der Waals surface area contributed by atoms with Crippen molar-refractivity contribution in [1.29, 1.82) is 0 Å². The molecule has 0 aliphatic heterocycles. The molecule has 6 heteroatoms. The van der Waals surface area contributed by atoms with Crippen LogP contribution in [0.5, 0.6) is 0 Å². The Morgan fingerprint density at radius 3 is 2.55 bits per heavy atom. The number of hydrogen-bond acceptors (Lipinski definition) is 4. The van der Waals surface area contributed by atoms with E-state index in [0.29, 0.717) is 0 Å². The highest BCUT2D eigenvalue weighted by Gasteiger charge is 2.23. The van der Waals surface area contributed by atoms with Crippen LogP contribution in [0.15, 0.2) is 12.1 Å². The lowest BCUT2D eigenvalue weighted by atomic mass is 10.2. The summed E-state index contributed by atoms with van der Waals surface area (Å²) >= 11 is 1.70. The zero-order valence-corrected chi connectivity index (χ0v) is 13.3. The molecule has 20 heavy (non-hydrogen) atoms. The van der Waals surface area contributed by atoms with E-state index in [1.165, 1.54) is 4.88 Å². The molecule has 0 saturated heterocycles. The number of aromatic amines is 1. The Kier molecular flexibility index (Phi) is 4.23. The van der Waals surface area contributed by atoms with Crippen LogP contribution in [0.1, 0.15) is 58.9 Å². The van der Waals surface area contributed by atoms with Crippen LogP contribution >= 0.6 is 11.3 Å². The number of aromatic nitrogens is 3. The zero-order valence-electron chi connectivity index (χ0n) is 12.5. The van der Waals surface area contributed by atoms with Crippen LogP contribution in [0.4, 0.5) is 0 Å². The summed E-state index contributed by atoms with van der Waals surface area (Å²) in [5, 5.41) is 6.83. The van der Waals surface area contributed by atoms with Gasteiger partial charge in [0.1, 0.15) is 5.82 Å². The van der Waals surface area contributed by atoms with Crippen molar-refractivity contribution in [1.82, 2.24) is 20.1 Å². The number of H-pyrrole nitrogens is 1. The average Bonchev–Trinajstić information content (AvgIpc) is 3.04. The maximum Gasteiger partial charge on any atom is 0.293 e. The monoisotopic (exact) mass is 292 g/mol. The fourth-order valence-electron chi connectivity index (χ4n) is 1.83. The third kappa shape index (κ3) is 2.90. The number of carbonyl (C=O) groups is 1. The summed E-state index contributed by atoms with van der Waals surface area (Å²) in [6, 6.07) is 4.15. The quantitative estimate of drug-likeness (QED) is 0.941. The minimum Gasteiger partial charge on any atom is -0.331 e. The van der Waals surface area contributed by atoms with Gasteiger partial charge in [-0.1, -0.05) is 13.8 Å². The first-order valence-corrected chi connectivity index (χ1v) is 7.47. The molecule has 1 amide bonds. The Morgan fingerprint density at radius 1 is 1.35 bits per heavy atom. The number of aryl methyl sites for hydroxylation is 1. The fraction of sp³-hybridized carbons (Fsp3) is 0.500. The Bertz CT molecular complexity index is 602. The van der Waals surface area contributed by atoms with Gasteiger partial charge in [-0.2, -0.15) is 0 Å². The van der Waals surface area contributed by atoms with Crippen LogP contribution in [-0.4, -0.2) is 33.0 Å². The smallest absolute Gasteiger partial charge is 0.293 e. The number of hydrogen-bond donors (Lipinski definition) is 1. The summed E-state index contributed by atoms with van der Waals surface area (Å²) in [5.74, 6) is 1.04. The van der Waals surface area contributed by atoms with Crippen LogP contribution in [0.25, 0.3) is 0 Å². The highest BCUT2D eigenvalue weighted by molar-refractivity contribution is 7.12.